The van der Waals surface area contributed by atoms with Crippen molar-refractivity contribution in [2.24, 2.45) is 0 Å². The second kappa shape index (κ2) is 7.54. The zero-order chi connectivity index (χ0) is 15.4. The molecule has 2 rings (SSSR count). The molecule has 0 bridgehead atoms. The Kier molecular flexibility index (Phi) is 5.98. The van der Waals surface area contributed by atoms with Crippen molar-refractivity contribution in [1.82, 2.24) is 0 Å². The van der Waals surface area contributed by atoms with E-state index in [9.17, 15) is 0 Å². The van der Waals surface area contributed by atoms with Crippen molar-refractivity contribution in [3.63, 3.8) is 0 Å². The highest BCUT2D eigenvalue weighted by Gasteiger charge is 2.12. The van der Waals surface area contributed by atoms with Crippen LogP contribution in [0.1, 0.15) is 41.5 Å². The van der Waals surface area contributed by atoms with Gasteiger partial charge in [-0.1, -0.05) is 61.3 Å². The number of halogens is 3. The van der Waals surface area contributed by atoms with Gasteiger partial charge in [-0.25, -0.2) is 0 Å². The Morgan fingerprint density at radius 2 is 1.57 bits per heavy atom. The summed E-state index contributed by atoms with van der Waals surface area (Å²) < 4.78 is 0. The molecule has 0 fully saturated rings. The summed E-state index contributed by atoms with van der Waals surface area (Å²) >= 11 is 18.6. The van der Waals surface area contributed by atoms with Crippen LogP contribution in [0.5, 0.6) is 0 Å². The highest BCUT2D eigenvalue weighted by atomic mass is 35.5. The predicted molar refractivity (Wildman–Crippen MR) is 94.0 cm³/mol. The van der Waals surface area contributed by atoms with Crippen molar-refractivity contribution in [1.29, 1.82) is 0 Å². The molecule has 0 radical (unpaired) electrons. The fourth-order valence-electron chi connectivity index (χ4n) is 2.51. The molecule has 0 nitrogen and oxygen atoms in total. The van der Waals surface area contributed by atoms with Gasteiger partial charge in [-0.3, -0.25) is 0 Å². The van der Waals surface area contributed by atoms with Crippen LogP contribution in [0.2, 0.25) is 10.0 Å². The summed E-state index contributed by atoms with van der Waals surface area (Å²) in [6.07, 6.45) is 2.84. The Morgan fingerprint density at radius 1 is 0.857 bits per heavy atom. The molecular formula is C18H19Cl3. The third kappa shape index (κ3) is 4.16. The lowest BCUT2D eigenvalue weighted by Crippen LogP contribution is -1.99. The smallest absolute Gasteiger partial charge is 0.0625 e. The maximum absolute atomic E-state index is 6.58. The lowest BCUT2D eigenvalue weighted by molar-refractivity contribution is 0.909. The van der Waals surface area contributed by atoms with Crippen LogP contribution in [-0.2, 0) is 19.3 Å². The molecule has 0 spiro atoms. The quantitative estimate of drug-likeness (QED) is 0.535. The third-order valence-electron chi connectivity index (χ3n) is 3.75. The molecule has 1 atom stereocenters. The van der Waals surface area contributed by atoms with E-state index in [0.29, 0.717) is 10.0 Å². The van der Waals surface area contributed by atoms with Crippen LogP contribution in [0.15, 0.2) is 36.4 Å². The molecule has 0 heterocycles. The van der Waals surface area contributed by atoms with Crippen LogP contribution < -0.4 is 0 Å². The second-order valence-electron chi connectivity index (χ2n) is 5.16. The third-order valence-corrected chi connectivity index (χ3v) is 4.90. The van der Waals surface area contributed by atoms with Crippen molar-refractivity contribution < 1.29 is 0 Å². The molecule has 2 aromatic rings. The highest BCUT2D eigenvalue weighted by Crippen LogP contribution is 2.30. The van der Waals surface area contributed by atoms with Gasteiger partial charge in [0.15, 0.2) is 0 Å². The maximum atomic E-state index is 6.58. The highest BCUT2D eigenvalue weighted by molar-refractivity contribution is 6.42. The number of aryl methyl sites for hydroxylation is 2. The first-order chi connectivity index (χ1) is 10.0. The summed E-state index contributed by atoms with van der Waals surface area (Å²) in [5.74, 6) is 0. The van der Waals surface area contributed by atoms with E-state index in [4.69, 9.17) is 34.8 Å². The minimum atomic E-state index is -0.0570. The molecule has 2 aromatic carbocycles. The molecule has 0 aromatic heterocycles. The number of hydrogen-bond acceptors (Lipinski definition) is 0. The molecule has 0 aliphatic heterocycles. The van der Waals surface area contributed by atoms with Crippen molar-refractivity contribution in [3.05, 3.63) is 68.7 Å². The van der Waals surface area contributed by atoms with Gasteiger partial charge in [-0.05, 0) is 53.6 Å². The first-order valence-corrected chi connectivity index (χ1v) is 8.44. The molecule has 21 heavy (non-hydrogen) atoms. The van der Waals surface area contributed by atoms with Crippen molar-refractivity contribution in [2.75, 3.05) is 0 Å². The second-order valence-corrected chi connectivity index (χ2v) is 6.50. The largest absolute Gasteiger partial charge is 0.117 e. The van der Waals surface area contributed by atoms with Crippen LogP contribution in [0.3, 0.4) is 0 Å². The van der Waals surface area contributed by atoms with Crippen LogP contribution in [0, 0.1) is 0 Å². The molecule has 3 heteroatoms. The molecule has 0 N–H and O–H groups in total. The van der Waals surface area contributed by atoms with E-state index in [1.54, 1.807) is 0 Å². The van der Waals surface area contributed by atoms with Gasteiger partial charge in [0.1, 0.15) is 0 Å². The van der Waals surface area contributed by atoms with Crippen LogP contribution in [0.25, 0.3) is 0 Å². The average Bonchev–Trinajstić information content (AvgIpc) is 2.50. The first-order valence-electron chi connectivity index (χ1n) is 7.24. The van der Waals surface area contributed by atoms with Gasteiger partial charge in [0.2, 0.25) is 0 Å². The lowest BCUT2D eigenvalue weighted by Gasteiger charge is -2.14. The van der Waals surface area contributed by atoms with Gasteiger partial charge < -0.3 is 0 Å². The zero-order valence-corrected chi connectivity index (χ0v) is 14.6. The fraction of sp³-hybridized carbons (Fsp3) is 0.333. The van der Waals surface area contributed by atoms with Crippen LogP contribution >= 0.6 is 34.8 Å². The number of hydrogen-bond donors (Lipinski definition) is 0. The number of benzene rings is 2. The normalized spacial score (nSPS) is 12.4. The minimum absolute atomic E-state index is 0.0570. The molecule has 0 aliphatic rings. The average molecular weight is 342 g/mol. The van der Waals surface area contributed by atoms with Gasteiger partial charge in [-0.15, -0.1) is 11.6 Å². The SMILES string of the molecule is CCc1ccc(C(Cl)Cc2ccc(Cl)c(Cl)c2)cc1CC. The Morgan fingerprint density at radius 3 is 2.19 bits per heavy atom. The summed E-state index contributed by atoms with van der Waals surface area (Å²) in [5.41, 5.74) is 5.05. The van der Waals surface area contributed by atoms with Gasteiger partial charge in [0.25, 0.3) is 0 Å². The fourth-order valence-corrected chi connectivity index (χ4v) is 3.14. The van der Waals surface area contributed by atoms with E-state index in [0.717, 1.165) is 30.4 Å². The number of rotatable bonds is 5. The minimum Gasteiger partial charge on any atom is -0.117 e. The topological polar surface area (TPSA) is 0 Å². The molecular weight excluding hydrogens is 323 g/mol. The molecule has 0 amide bonds. The van der Waals surface area contributed by atoms with Crippen molar-refractivity contribution in [3.8, 4) is 0 Å². The van der Waals surface area contributed by atoms with E-state index >= 15 is 0 Å². The van der Waals surface area contributed by atoms with Crippen molar-refractivity contribution in [2.45, 2.75) is 38.5 Å². The molecule has 112 valence electrons. The van der Waals surface area contributed by atoms with E-state index in [2.05, 4.69) is 32.0 Å². The standard InChI is InChI=1S/C18H19Cl3/c1-3-13-6-7-15(11-14(13)4-2)17(20)9-12-5-8-16(19)18(21)10-12/h5-8,10-11,17H,3-4,9H2,1-2H3. The first kappa shape index (κ1) is 16.7. The maximum Gasteiger partial charge on any atom is 0.0625 e. The summed E-state index contributed by atoms with van der Waals surface area (Å²) in [6.45, 7) is 4.36. The van der Waals surface area contributed by atoms with E-state index in [-0.39, 0.29) is 5.38 Å². The van der Waals surface area contributed by atoms with E-state index in [1.165, 1.54) is 11.1 Å². The summed E-state index contributed by atoms with van der Waals surface area (Å²) in [5, 5.41) is 1.10. The van der Waals surface area contributed by atoms with Crippen LogP contribution in [0.4, 0.5) is 0 Å². The van der Waals surface area contributed by atoms with E-state index in [1.807, 2.05) is 18.2 Å². The van der Waals surface area contributed by atoms with Gasteiger partial charge in [0, 0.05) is 0 Å². The van der Waals surface area contributed by atoms with Gasteiger partial charge >= 0.3 is 0 Å². The molecule has 0 saturated carbocycles. The molecule has 0 aliphatic carbocycles. The number of alkyl halides is 1. The molecule has 1 unspecified atom stereocenters. The van der Waals surface area contributed by atoms with Gasteiger partial charge in [0.05, 0.1) is 15.4 Å². The Labute approximate surface area is 142 Å². The van der Waals surface area contributed by atoms with Gasteiger partial charge in [-0.2, -0.15) is 0 Å². The predicted octanol–water partition coefficient (Wildman–Crippen LogP) is 6.64. The molecule has 0 saturated heterocycles. The Hall–Kier alpha value is -0.690. The summed E-state index contributed by atoms with van der Waals surface area (Å²) in [4.78, 5) is 0. The van der Waals surface area contributed by atoms with Crippen molar-refractivity contribution >= 4 is 34.8 Å². The lowest BCUT2D eigenvalue weighted by atomic mass is 9.96. The van der Waals surface area contributed by atoms with E-state index < -0.39 is 0 Å². The zero-order valence-electron chi connectivity index (χ0n) is 12.3. The summed E-state index contributed by atoms with van der Waals surface area (Å²) in [7, 11) is 0. The van der Waals surface area contributed by atoms with Crippen LogP contribution in [-0.4, -0.2) is 0 Å². The summed E-state index contributed by atoms with van der Waals surface area (Å²) in [6, 6.07) is 12.2. The Bertz CT molecular complexity index is 620. The Balaban J connectivity index is 2.19. The monoisotopic (exact) mass is 340 g/mol.